The number of hydrogen-bond acceptors (Lipinski definition) is 9. The molecule has 0 spiro atoms. The number of carbonyl (C=O) groups is 5. The lowest BCUT2D eigenvalue weighted by molar-refractivity contribution is -0.159. The molecule has 0 aliphatic heterocycles. The minimum absolute atomic E-state index is 0.0334. The zero-order valence-corrected chi connectivity index (χ0v) is 29.9. The summed E-state index contributed by atoms with van der Waals surface area (Å²) in [6, 6.07) is 15.2. The maximum atomic E-state index is 13.7. The molecule has 2 rings (SSSR count). The van der Waals surface area contributed by atoms with Crippen LogP contribution in [0.15, 0.2) is 60.7 Å². The Morgan fingerprint density at radius 3 is 1.96 bits per heavy atom. The predicted molar refractivity (Wildman–Crippen MR) is 187 cm³/mol. The highest BCUT2D eigenvalue weighted by Crippen LogP contribution is 2.15. The molecule has 3 N–H and O–H groups in total. The fourth-order valence-electron chi connectivity index (χ4n) is 4.51. The number of nitrogens with one attached hydrogen (secondary N) is 3. The molecule has 0 heterocycles. The summed E-state index contributed by atoms with van der Waals surface area (Å²) in [4.78, 5) is 67.5. The van der Waals surface area contributed by atoms with Gasteiger partial charge in [0, 0.05) is 19.2 Å². The fourth-order valence-corrected chi connectivity index (χ4v) is 5.39. The summed E-state index contributed by atoms with van der Waals surface area (Å²) in [6.07, 6.45) is 1.58. The molecule has 47 heavy (non-hydrogen) atoms. The number of thioether (sulfide) groups is 1. The summed E-state index contributed by atoms with van der Waals surface area (Å²) in [7, 11) is 1.43. The van der Waals surface area contributed by atoms with Gasteiger partial charge < -0.3 is 30.3 Å². The summed E-state index contributed by atoms with van der Waals surface area (Å²) in [5.74, 6) is -1.87. The number of ether oxygens (including phenoxy) is 2. The third-order valence-corrected chi connectivity index (χ3v) is 7.95. The Morgan fingerprint density at radius 2 is 1.43 bits per heavy atom. The van der Waals surface area contributed by atoms with E-state index >= 15 is 0 Å². The first-order valence-electron chi connectivity index (χ1n) is 15.3. The van der Waals surface area contributed by atoms with E-state index in [9.17, 15) is 24.0 Å². The summed E-state index contributed by atoms with van der Waals surface area (Å²) >= 11 is 5.83. The van der Waals surface area contributed by atoms with Gasteiger partial charge in [-0.15, -0.1) is 0 Å². The number of esters is 1. The molecule has 3 atom stereocenters. The van der Waals surface area contributed by atoms with Gasteiger partial charge in [0.2, 0.25) is 17.7 Å². The smallest absolute Gasteiger partial charge is 0.408 e. The Kier molecular flexibility index (Phi) is 15.6. The van der Waals surface area contributed by atoms with Gasteiger partial charge in [0.15, 0.2) is 0 Å². The maximum absolute atomic E-state index is 13.7. The molecule has 0 unspecified atom stereocenters. The van der Waals surface area contributed by atoms with Gasteiger partial charge in [-0.25, -0.2) is 9.59 Å². The highest BCUT2D eigenvalue weighted by Gasteiger charge is 2.39. The summed E-state index contributed by atoms with van der Waals surface area (Å²) in [5, 5.41) is 8.07. The first-order chi connectivity index (χ1) is 22.1. The van der Waals surface area contributed by atoms with Crippen molar-refractivity contribution in [1.82, 2.24) is 20.9 Å². The number of thiol groups is 1. The zero-order valence-electron chi connectivity index (χ0n) is 28.2. The highest BCUT2D eigenvalue weighted by atomic mass is 32.2. The van der Waals surface area contributed by atoms with Crippen molar-refractivity contribution < 1.29 is 33.4 Å². The second-order valence-electron chi connectivity index (χ2n) is 12.6. The maximum Gasteiger partial charge on any atom is 0.408 e. The predicted octanol–water partition coefficient (Wildman–Crippen LogP) is 3.76. The Balaban J connectivity index is 2.13. The molecule has 258 valence electrons. The Labute approximate surface area is 287 Å². The molecule has 0 aromatic heterocycles. The molecule has 2 aromatic carbocycles. The lowest BCUT2D eigenvalue weighted by atomic mass is 10.0. The number of rotatable bonds is 16. The molecule has 11 nitrogen and oxygen atoms in total. The topological polar surface area (TPSA) is 143 Å². The van der Waals surface area contributed by atoms with E-state index in [1.807, 2.05) is 66.9 Å². The van der Waals surface area contributed by atoms with Crippen molar-refractivity contribution in [2.75, 3.05) is 24.8 Å². The highest BCUT2D eigenvalue weighted by molar-refractivity contribution is 7.98. The average molecular weight is 689 g/mol. The van der Waals surface area contributed by atoms with E-state index in [1.54, 1.807) is 20.8 Å². The van der Waals surface area contributed by atoms with Crippen molar-refractivity contribution >= 4 is 54.2 Å². The summed E-state index contributed by atoms with van der Waals surface area (Å²) < 4.78 is 10.9. The molecule has 0 saturated carbocycles. The minimum atomic E-state index is -1.48. The molecule has 0 fully saturated rings. The molecule has 0 aliphatic carbocycles. The van der Waals surface area contributed by atoms with Crippen LogP contribution in [0.25, 0.3) is 0 Å². The molecular weight excluding hydrogens is 641 g/mol. The van der Waals surface area contributed by atoms with E-state index in [0.717, 1.165) is 11.1 Å². The van der Waals surface area contributed by atoms with Gasteiger partial charge >= 0.3 is 12.1 Å². The number of likely N-dealkylation sites (N-methyl/N-ethyl adjacent to an activating group) is 1. The van der Waals surface area contributed by atoms with Crippen LogP contribution in [0, 0.1) is 0 Å². The van der Waals surface area contributed by atoms with Gasteiger partial charge in [-0.1, -0.05) is 60.7 Å². The van der Waals surface area contributed by atoms with Crippen LogP contribution in [0.1, 0.15) is 52.2 Å². The van der Waals surface area contributed by atoms with E-state index in [0.29, 0.717) is 12.2 Å². The second kappa shape index (κ2) is 18.6. The number of alkyl carbamates (subject to hydrolysis) is 1. The normalized spacial score (nSPS) is 13.4. The van der Waals surface area contributed by atoms with Crippen LogP contribution in [-0.4, -0.2) is 88.8 Å². The van der Waals surface area contributed by atoms with Crippen LogP contribution < -0.4 is 16.0 Å². The van der Waals surface area contributed by atoms with E-state index in [4.69, 9.17) is 9.47 Å². The van der Waals surface area contributed by atoms with E-state index < -0.39 is 59.0 Å². The largest absolute Gasteiger partial charge is 0.458 e. The molecule has 0 bridgehead atoms. The average Bonchev–Trinajstić information content (AvgIpc) is 3.01. The Morgan fingerprint density at radius 1 is 0.851 bits per heavy atom. The van der Waals surface area contributed by atoms with Crippen LogP contribution in [0.2, 0.25) is 0 Å². The van der Waals surface area contributed by atoms with Crippen molar-refractivity contribution in [2.45, 2.75) is 83.3 Å². The number of hydrogen-bond donors (Lipinski definition) is 4. The zero-order chi connectivity index (χ0) is 35.2. The Bertz CT molecular complexity index is 1340. The summed E-state index contributed by atoms with van der Waals surface area (Å²) in [6.45, 7) is 8.26. The molecule has 0 aliphatic rings. The quantitative estimate of drug-likeness (QED) is 0.154. The molecule has 13 heteroatoms. The van der Waals surface area contributed by atoms with E-state index in [-0.39, 0.29) is 18.8 Å². The monoisotopic (exact) mass is 688 g/mol. The first kappa shape index (κ1) is 39.5. The van der Waals surface area contributed by atoms with Crippen LogP contribution in [-0.2, 0) is 41.7 Å². The van der Waals surface area contributed by atoms with E-state index in [2.05, 4.69) is 28.6 Å². The van der Waals surface area contributed by atoms with Gasteiger partial charge in [-0.05, 0) is 64.2 Å². The SMILES string of the molecule is CSCC[C@H](NC(=O)OCc1ccccc1)C(=O)NC(C)(C)C(=O)N(C)[C@@H](CS)C(=O)N[C@@H](Cc1ccccc1)C(=O)OC(C)(C)C. The molecule has 2 aromatic rings. The number of nitrogens with zero attached hydrogens (tertiary/aromatic N) is 1. The van der Waals surface area contributed by atoms with Crippen LogP contribution in [0.4, 0.5) is 4.79 Å². The lowest BCUT2D eigenvalue weighted by Crippen LogP contribution is -2.63. The van der Waals surface area contributed by atoms with Crippen LogP contribution in [0.5, 0.6) is 0 Å². The van der Waals surface area contributed by atoms with Crippen molar-refractivity contribution in [3.63, 3.8) is 0 Å². The standard InChI is InChI=1S/C34H48N4O7S2/c1-33(2,3)45-30(41)26(20-23-14-10-8-11-15-23)35-29(40)27(22-46)38(6)31(42)34(4,5)37-28(39)25(18-19-47-7)36-32(43)44-21-24-16-12-9-13-17-24/h8-17,25-27,46H,18-22H2,1-7H3,(H,35,40)(H,36,43)(H,37,39)/t25-,26-,27-/m0/s1. The van der Waals surface area contributed by atoms with Gasteiger partial charge in [0.1, 0.15) is 35.9 Å². The third kappa shape index (κ3) is 13.5. The van der Waals surface area contributed by atoms with Gasteiger partial charge in [-0.3, -0.25) is 14.4 Å². The van der Waals surface area contributed by atoms with Crippen LogP contribution >= 0.6 is 24.4 Å². The molecule has 0 saturated heterocycles. The van der Waals surface area contributed by atoms with Crippen molar-refractivity contribution in [1.29, 1.82) is 0 Å². The fraction of sp³-hybridized carbons (Fsp3) is 0.500. The van der Waals surface area contributed by atoms with Gasteiger partial charge in [0.05, 0.1) is 0 Å². The van der Waals surface area contributed by atoms with Crippen molar-refractivity contribution in [3.05, 3.63) is 71.8 Å². The number of benzene rings is 2. The minimum Gasteiger partial charge on any atom is -0.458 e. The first-order valence-corrected chi connectivity index (χ1v) is 17.3. The van der Waals surface area contributed by atoms with Crippen LogP contribution in [0.3, 0.4) is 0 Å². The third-order valence-electron chi connectivity index (χ3n) is 6.96. The van der Waals surface area contributed by atoms with Gasteiger partial charge in [0.25, 0.3) is 0 Å². The molecule has 0 radical (unpaired) electrons. The number of carbonyl (C=O) groups excluding carboxylic acids is 5. The van der Waals surface area contributed by atoms with Crippen molar-refractivity contribution in [3.8, 4) is 0 Å². The van der Waals surface area contributed by atoms with Crippen molar-refractivity contribution in [2.24, 2.45) is 0 Å². The molecular formula is C34H48N4O7S2. The molecule has 4 amide bonds. The second-order valence-corrected chi connectivity index (χ2v) is 13.9. The Hall–Kier alpha value is -3.71. The van der Waals surface area contributed by atoms with E-state index in [1.165, 1.54) is 37.6 Å². The van der Waals surface area contributed by atoms with Gasteiger partial charge in [-0.2, -0.15) is 24.4 Å². The number of amides is 4. The lowest BCUT2D eigenvalue weighted by Gasteiger charge is -2.35. The summed E-state index contributed by atoms with van der Waals surface area (Å²) in [5.41, 5.74) is -0.652.